The number of rotatable bonds is 5. The molecule has 2 N–H and O–H groups in total. The van der Waals surface area contributed by atoms with Crippen LogP contribution in [0.25, 0.3) is 76.5 Å². The molecule has 0 amide bonds. The SMILES string of the molecule is CCCC(C)c1nc2c3ccc(-c4ccc5c(ccc6c5ccc5[nH]c(C(C)C)nc56)c4)cc3c3nccnc3c2[nH]1. The Morgan fingerprint density at radius 1 is 0.619 bits per heavy atom. The number of aromatic amines is 2. The van der Waals surface area contributed by atoms with Crippen molar-refractivity contribution in [3.05, 3.63) is 84.7 Å². The van der Waals surface area contributed by atoms with Crippen LogP contribution in [0.5, 0.6) is 0 Å². The van der Waals surface area contributed by atoms with Crippen LogP contribution in [-0.4, -0.2) is 29.9 Å². The Morgan fingerprint density at radius 3 is 2.12 bits per heavy atom. The second kappa shape index (κ2) is 9.35. The third-order valence-corrected chi connectivity index (χ3v) is 8.74. The monoisotopic (exact) mass is 548 g/mol. The fourth-order valence-corrected chi connectivity index (χ4v) is 6.50. The third kappa shape index (κ3) is 3.71. The van der Waals surface area contributed by atoms with Gasteiger partial charge in [-0.2, -0.15) is 0 Å². The van der Waals surface area contributed by atoms with Gasteiger partial charge in [0.05, 0.1) is 27.6 Å². The first kappa shape index (κ1) is 24.9. The van der Waals surface area contributed by atoms with E-state index in [1.165, 1.54) is 27.1 Å². The number of nitrogens with one attached hydrogen (secondary N) is 2. The van der Waals surface area contributed by atoms with Gasteiger partial charge in [-0.1, -0.05) is 76.6 Å². The first-order valence-electron chi connectivity index (χ1n) is 14.9. The Kier molecular flexibility index (Phi) is 5.54. The quantitative estimate of drug-likeness (QED) is 0.210. The predicted molar refractivity (Wildman–Crippen MR) is 174 cm³/mol. The normalized spacial score (nSPS) is 13.1. The zero-order valence-corrected chi connectivity index (χ0v) is 24.3. The smallest absolute Gasteiger partial charge is 0.115 e. The van der Waals surface area contributed by atoms with Gasteiger partial charge in [-0.05, 0) is 51.9 Å². The van der Waals surface area contributed by atoms with Gasteiger partial charge in [-0.3, -0.25) is 9.97 Å². The van der Waals surface area contributed by atoms with Gasteiger partial charge >= 0.3 is 0 Å². The summed E-state index contributed by atoms with van der Waals surface area (Å²) in [7, 11) is 0. The molecule has 8 aromatic rings. The zero-order chi connectivity index (χ0) is 28.5. The van der Waals surface area contributed by atoms with Gasteiger partial charge in [0.15, 0.2) is 0 Å². The van der Waals surface area contributed by atoms with Crippen molar-refractivity contribution in [1.29, 1.82) is 0 Å². The lowest BCUT2D eigenvalue weighted by Crippen LogP contribution is -1.94. The number of fused-ring (bicyclic) bond motifs is 11. The van der Waals surface area contributed by atoms with Crippen LogP contribution in [0.2, 0.25) is 0 Å². The molecule has 3 aromatic heterocycles. The molecule has 0 radical (unpaired) electrons. The van der Waals surface area contributed by atoms with Gasteiger partial charge < -0.3 is 9.97 Å². The summed E-state index contributed by atoms with van der Waals surface area (Å²) < 4.78 is 0. The summed E-state index contributed by atoms with van der Waals surface area (Å²) in [5.41, 5.74) is 8.16. The number of nitrogens with zero attached hydrogens (tertiary/aromatic N) is 4. The van der Waals surface area contributed by atoms with Crippen molar-refractivity contribution in [2.45, 2.75) is 52.4 Å². The largest absolute Gasteiger partial charge is 0.342 e. The number of benzene rings is 5. The lowest BCUT2D eigenvalue weighted by molar-refractivity contribution is 0.636. The molecule has 1 atom stereocenters. The molecule has 3 heterocycles. The van der Waals surface area contributed by atoms with Crippen molar-refractivity contribution in [1.82, 2.24) is 29.9 Å². The Bertz CT molecular complexity index is 2320. The highest BCUT2D eigenvalue weighted by Crippen LogP contribution is 2.37. The van der Waals surface area contributed by atoms with Gasteiger partial charge in [-0.15, -0.1) is 0 Å². The van der Waals surface area contributed by atoms with Gasteiger partial charge in [0.1, 0.15) is 17.2 Å². The summed E-state index contributed by atoms with van der Waals surface area (Å²) in [6, 6.07) is 22.2. The van der Waals surface area contributed by atoms with E-state index < -0.39 is 0 Å². The second-order valence-electron chi connectivity index (χ2n) is 11.9. The van der Waals surface area contributed by atoms with E-state index in [4.69, 9.17) is 19.9 Å². The van der Waals surface area contributed by atoms with E-state index in [1.807, 2.05) is 0 Å². The average Bonchev–Trinajstić information content (AvgIpc) is 3.67. The standard InChI is InChI=1S/C36H32N6/c1-5-6-20(4)36-41-32-27-11-8-22(18-28(27)31-33(34(32)42-36)38-16-15-37-31)21-7-10-24-23(17-21)9-12-26-25(24)13-14-29-30(26)40-35(39-29)19(2)3/h7-20H,5-6H2,1-4H3,(H,39,40)(H,41,42). The number of imidazole rings is 2. The number of hydrogen-bond acceptors (Lipinski definition) is 4. The Morgan fingerprint density at radius 2 is 1.31 bits per heavy atom. The van der Waals surface area contributed by atoms with Crippen LogP contribution in [0.1, 0.15) is 64.0 Å². The van der Waals surface area contributed by atoms with Crippen LogP contribution in [0.15, 0.2) is 73.1 Å². The lowest BCUT2D eigenvalue weighted by Gasteiger charge is -2.10. The van der Waals surface area contributed by atoms with Crippen LogP contribution in [0.4, 0.5) is 0 Å². The minimum absolute atomic E-state index is 0.358. The maximum absolute atomic E-state index is 5.08. The van der Waals surface area contributed by atoms with Crippen molar-refractivity contribution < 1.29 is 0 Å². The van der Waals surface area contributed by atoms with Crippen LogP contribution >= 0.6 is 0 Å². The van der Waals surface area contributed by atoms with E-state index in [0.29, 0.717) is 11.8 Å². The molecule has 8 rings (SSSR count). The van der Waals surface area contributed by atoms with Crippen molar-refractivity contribution in [2.24, 2.45) is 0 Å². The molecule has 0 aliphatic heterocycles. The van der Waals surface area contributed by atoms with Crippen LogP contribution in [0.3, 0.4) is 0 Å². The maximum Gasteiger partial charge on any atom is 0.115 e. The fourth-order valence-electron chi connectivity index (χ4n) is 6.50. The molecule has 206 valence electrons. The van der Waals surface area contributed by atoms with Gasteiger partial charge in [0.2, 0.25) is 0 Å². The topological polar surface area (TPSA) is 83.1 Å². The molecule has 1 unspecified atom stereocenters. The van der Waals surface area contributed by atoms with E-state index >= 15 is 0 Å². The summed E-state index contributed by atoms with van der Waals surface area (Å²) in [6.07, 6.45) is 5.76. The predicted octanol–water partition coefficient (Wildman–Crippen LogP) is 9.54. The molecule has 0 saturated carbocycles. The lowest BCUT2D eigenvalue weighted by atomic mass is 9.95. The van der Waals surface area contributed by atoms with Gasteiger partial charge in [-0.25, -0.2) is 9.97 Å². The van der Waals surface area contributed by atoms with Gasteiger partial charge in [0, 0.05) is 40.4 Å². The Labute approximate surface area is 243 Å². The van der Waals surface area contributed by atoms with E-state index in [2.05, 4.69) is 98.3 Å². The third-order valence-electron chi connectivity index (χ3n) is 8.74. The molecule has 0 bridgehead atoms. The highest BCUT2D eigenvalue weighted by Gasteiger charge is 2.18. The molecule has 5 aromatic carbocycles. The summed E-state index contributed by atoms with van der Waals surface area (Å²) >= 11 is 0. The molecular weight excluding hydrogens is 516 g/mol. The molecule has 0 fully saturated rings. The molecule has 0 saturated heterocycles. The van der Waals surface area contributed by atoms with Crippen LogP contribution in [-0.2, 0) is 0 Å². The molecule has 6 nitrogen and oxygen atoms in total. The van der Waals surface area contributed by atoms with E-state index in [0.717, 1.165) is 73.9 Å². The average molecular weight is 549 g/mol. The number of H-pyrrole nitrogens is 2. The zero-order valence-electron chi connectivity index (χ0n) is 24.3. The van der Waals surface area contributed by atoms with E-state index in [-0.39, 0.29) is 0 Å². The minimum atomic E-state index is 0.358. The number of hydrogen-bond donors (Lipinski definition) is 2. The minimum Gasteiger partial charge on any atom is -0.342 e. The summed E-state index contributed by atoms with van der Waals surface area (Å²) in [4.78, 5) is 26.6. The van der Waals surface area contributed by atoms with Gasteiger partial charge in [0.25, 0.3) is 0 Å². The maximum atomic E-state index is 5.08. The first-order valence-corrected chi connectivity index (χ1v) is 14.9. The fraction of sp³-hybridized carbons (Fsp3) is 0.222. The van der Waals surface area contributed by atoms with E-state index in [1.54, 1.807) is 12.4 Å². The van der Waals surface area contributed by atoms with Crippen LogP contribution in [0, 0.1) is 0 Å². The van der Waals surface area contributed by atoms with Crippen molar-refractivity contribution >= 4 is 65.4 Å². The molecule has 0 spiro atoms. The van der Waals surface area contributed by atoms with Crippen LogP contribution < -0.4 is 0 Å². The second-order valence-corrected chi connectivity index (χ2v) is 11.9. The summed E-state index contributed by atoms with van der Waals surface area (Å²) in [5.74, 6) is 2.76. The summed E-state index contributed by atoms with van der Waals surface area (Å²) in [5, 5.41) is 7.02. The molecule has 0 aliphatic rings. The highest BCUT2D eigenvalue weighted by molar-refractivity contribution is 6.21. The van der Waals surface area contributed by atoms with Crippen molar-refractivity contribution in [2.75, 3.05) is 0 Å². The molecule has 6 heteroatoms. The Balaban J connectivity index is 1.29. The molecular formula is C36H32N6. The number of aromatic nitrogens is 6. The van der Waals surface area contributed by atoms with E-state index in [9.17, 15) is 0 Å². The summed E-state index contributed by atoms with van der Waals surface area (Å²) in [6.45, 7) is 8.79. The van der Waals surface area contributed by atoms with Crippen molar-refractivity contribution in [3.8, 4) is 11.1 Å². The Hall–Kier alpha value is -4.84. The molecule has 42 heavy (non-hydrogen) atoms. The molecule has 0 aliphatic carbocycles. The highest BCUT2D eigenvalue weighted by atomic mass is 14.9. The first-order chi connectivity index (χ1) is 20.5. The van der Waals surface area contributed by atoms with Crippen molar-refractivity contribution in [3.63, 3.8) is 0 Å².